The fourth-order valence-corrected chi connectivity index (χ4v) is 2.26. The maximum absolute atomic E-state index is 5.57. The molecule has 0 spiro atoms. The lowest BCUT2D eigenvalue weighted by molar-refractivity contribution is 0.136. The second kappa shape index (κ2) is 6.69. The van der Waals surface area contributed by atoms with Crippen molar-refractivity contribution in [1.82, 2.24) is 14.8 Å². The Labute approximate surface area is 103 Å². The molecule has 0 atom stereocenters. The van der Waals surface area contributed by atoms with Crippen molar-refractivity contribution in [2.24, 2.45) is 5.73 Å². The third-order valence-electron chi connectivity index (χ3n) is 3.38. The summed E-state index contributed by atoms with van der Waals surface area (Å²) in [6, 6.07) is 4.20. The summed E-state index contributed by atoms with van der Waals surface area (Å²) in [6.45, 7) is 7.63. The van der Waals surface area contributed by atoms with Gasteiger partial charge in [-0.15, -0.1) is 0 Å². The van der Waals surface area contributed by atoms with Crippen LogP contribution in [0.1, 0.15) is 5.56 Å². The van der Waals surface area contributed by atoms with Crippen LogP contribution in [0.3, 0.4) is 0 Å². The number of hydrogen-bond acceptors (Lipinski definition) is 4. The standard InChI is InChI=1S/C13H22N4/c14-4-8-17-11-9-16(10-12-17)7-3-13-1-5-15-6-2-13/h1-2,5-6H,3-4,7-12,14H2. The third-order valence-corrected chi connectivity index (χ3v) is 3.38. The van der Waals surface area contributed by atoms with E-state index in [1.54, 1.807) is 0 Å². The molecule has 0 unspecified atom stereocenters. The van der Waals surface area contributed by atoms with Gasteiger partial charge in [-0.1, -0.05) is 0 Å². The van der Waals surface area contributed by atoms with Crippen molar-refractivity contribution in [1.29, 1.82) is 0 Å². The molecule has 0 amide bonds. The van der Waals surface area contributed by atoms with E-state index in [1.165, 1.54) is 18.7 Å². The van der Waals surface area contributed by atoms with Gasteiger partial charge in [-0.05, 0) is 24.1 Å². The molecule has 1 fully saturated rings. The molecule has 0 radical (unpaired) electrons. The summed E-state index contributed by atoms with van der Waals surface area (Å²) in [7, 11) is 0. The maximum atomic E-state index is 5.57. The molecule has 0 bridgehead atoms. The van der Waals surface area contributed by atoms with Crippen molar-refractivity contribution in [2.75, 3.05) is 45.8 Å². The van der Waals surface area contributed by atoms with Crippen molar-refractivity contribution < 1.29 is 0 Å². The first-order chi connectivity index (χ1) is 8.38. The van der Waals surface area contributed by atoms with Gasteiger partial charge in [0.25, 0.3) is 0 Å². The van der Waals surface area contributed by atoms with Gasteiger partial charge >= 0.3 is 0 Å². The number of rotatable bonds is 5. The summed E-state index contributed by atoms with van der Waals surface area (Å²) >= 11 is 0. The molecule has 1 aromatic rings. The van der Waals surface area contributed by atoms with Crippen molar-refractivity contribution >= 4 is 0 Å². The molecule has 1 aliphatic rings. The molecule has 2 N–H and O–H groups in total. The average molecular weight is 234 g/mol. The first-order valence-electron chi connectivity index (χ1n) is 6.42. The highest BCUT2D eigenvalue weighted by Gasteiger charge is 2.15. The lowest BCUT2D eigenvalue weighted by Gasteiger charge is -2.34. The second-order valence-electron chi connectivity index (χ2n) is 4.58. The first-order valence-corrected chi connectivity index (χ1v) is 6.42. The Morgan fingerprint density at radius 2 is 1.59 bits per heavy atom. The fourth-order valence-electron chi connectivity index (χ4n) is 2.26. The van der Waals surface area contributed by atoms with E-state index in [9.17, 15) is 0 Å². The van der Waals surface area contributed by atoms with Gasteiger partial charge in [-0.3, -0.25) is 9.88 Å². The summed E-state index contributed by atoms with van der Waals surface area (Å²) in [5.41, 5.74) is 6.95. The third kappa shape index (κ3) is 4.07. The molecule has 0 aromatic carbocycles. The van der Waals surface area contributed by atoms with Crippen LogP contribution in [0.2, 0.25) is 0 Å². The van der Waals surface area contributed by atoms with Crippen LogP contribution in [0.15, 0.2) is 24.5 Å². The smallest absolute Gasteiger partial charge is 0.0270 e. The van der Waals surface area contributed by atoms with Gasteiger partial charge in [0.05, 0.1) is 0 Å². The fraction of sp³-hybridized carbons (Fsp3) is 0.615. The zero-order chi connectivity index (χ0) is 11.9. The molecule has 2 rings (SSSR count). The molecule has 17 heavy (non-hydrogen) atoms. The Morgan fingerprint density at radius 1 is 1.00 bits per heavy atom. The van der Waals surface area contributed by atoms with Gasteiger partial charge in [0, 0.05) is 58.2 Å². The van der Waals surface area contributed by atoms with Crippen LogP contribution in [-0.2, 0) is 6.42 Å². The maximum Gasteiger partial charge on any atom is 0.0270 e. The van der Waals surface area contributed by atoms with E-state index in [0.29, 0.717) is 0 Å². The minimum atomic E-state index is 0.775. The number of aromatic nitrogens is 1. The van der Waals surface area contributed by atoms with E-state index in [2.05, 4.69) is 26.9 Å². The van der Waals surface area contributed by atoms with Gasteiger partial charge in [-0.25, -0.2) is 0 Å². The van der Waals surface area contributed by atoms with Crippen LogP contribution in [0.5, 0.6) is 0 Å². The summed E-state index contributed by atoms with van der Waals surface area (Å²) in [5, 5.41) is 0. The first kappa shape index (κ1) is 12.5. The van der Waals surface area contributed by atoms with Crippen LogP contribution in [0, 0.1) is 0 Å². The molecule has 0 saturated carbocycles. The second-order valence-corrected chi connectivity index (χ2v) is 4.58. The quantitative estimate of drug-likeness (QED) is 0.790. The summed E-state index contributed by atoms with van der Waals surface area (Å²) in [6.07, 6.45) is 4.86. The Balaban J connectivity index is 1.68. The van der Waals surface area contributed by atoms with E-state index in [1.807, 2.05) is 12.4 Å². The van der Waals surface area contributed by atoms with Crippen LogP contribution in [0.4, 0.5) is 0 Å². The monoisotopic (exact) mass is 234 g/mol. The number of nitrogens with zero attached hydrogens (tertiary/aromatic N) is 3. The van der Waals surface area contributed by atoms with Crippen LogP contribution in [0.25, 0.3) is 0 Å². The molecule has 1 aliphatic heterocycles. The minimum absolute atomic E-state index is 0.775. The zero-order valence-corrected chi connectivity index (χ0v) is 10.4. The van der Waals surface area contributed by atoms with Crippen molar-refractivity contribution in [3.8, 4) is 0 Å². The minimum Gasteiger partial charge on any atom is -0.329 e. The lowest BCUT2D eigenvalue weighted by atomic mass is 10.2. The highest BCUT2D eigenvalue weighted by Crippen LogP contribution is 2.04. The van der Waals surface area contributed by atoms with Crippen molar-refractivity contribution in [2.45, 2.75) is 6.42 Å². The molecule has 4 heteroatoms. The van der Waals surface area contributed by atoms with Gasteiger partial charge in [0.1, 0.15) is 0 Å². The normalized spacial score (nSPS) is 18.4. The zero-order valence-electron chi connectivity index (χ0n) is 10.4. The molecular formula is C13H22N4. The summed E-state index contributed by atoms with van der Waals surface area (Å²) < 4.78 is 0. The highest BCUT2D eigenvalue weighted by molar-refractivity contribution is 5.09. The Hall–Kier alpha value is -0.970. The largest absolute Gasteiger partial charge is 0.329 e. The van der Waals surface area contributed by atoms with Gasteiger partial charge < -0.3 is 10.6 Å². The molecule has 1 saturated heterocycles. The van der Waals surface area contributed by atoms with E-state index in [4.69, 9.17) is 5.73 Å². The van der Waals surface area contributed by atoms with Gasteiger partial charge in [-0.2, -0.15) is 0 Å². The van der Waals surface area contributed by atoms with Gasteiger partial charge in [0.15, 0.2) is 0 Å². The number of piperazine rings is 1. The molecule has 0 aliphatic carbocycles. The molecule has 2 heterocycles. The summed E-state index contributed by atoms with van der Waals surface area (Å²) in [4.78, 5) is 9.02. The van der Waals surface area contributed by atoms with E-state index in [-0.39, 0.29) is 0 Å². The van der Waals surface area contributed by atoms with Gasteiger partial charge in [0.2, 0.25) is 0 Å². The highest BCUT2D eigenvalue weighted by atomic mass is 15.3. The van der Waals surface area contributed by atoms with E-state index >= 15 is 0 Å². The molecule has 4 nitrogen and oxygen atoms in total. The molecule has 94 valence electrons. The van der Waals surface area contributed by atoms with Crippen molar-refractivity contribution in [3.63, 3.8) is 0 Å². The number of nitrogens with two attached hydrogens (primary N) is 1. The van der Waals surface area contributed by atoms with Crippen LogP contribution < -0.4 is 5.73 Å². The number of hydrogen-bond donors (Lipinski definition) is 1. The number of pyridine rings is 1. The topological polar surface area (TPSA) is 45.4 Å². The lowest BCUT2D eigenvalue weighted by Crippen LogP contribution is -2.48. The molecular weight excluding hydrogens is 212 g/mol. The predicted octanol–water partition coefficient (Wildman–Crippen LogP) is 0.200. The predicted molar refractivity (Wildman–Crippen MR) is 69.9 cm³/mol. The van der Waals surface area contributed by atoms with E-state index < -0.39 is 0 Å². The van der Waals surface area contributed by atoms with Crippen LogP contribution >= 0.6 is 0 Å². The Bertz CT molecular complexity index is 306. The molecule has 1 aromatic heterocycles. The van der Waals surface area contributed by atoms with Crippen LogP contribution in [-0.4, -0.2) is 60.6 Å². The SMILES string of the molecule is NCCN1CCN(CCc2ccncc2)CC1. The Kier molecular flexibility index (Phi) is 4.91. The average Bonchev–Trinajstić information content (AvgIpc) is 2.40. The Morgan fingerprint density at radius 3 is 2.18 bits per heavy atom. The van der Waals surface area contributed by atoms with Crippen molar-refractivity contribution in [3.05, 3.63) is 30.1 Å². The summed E-state index contributed by atoms with van der Waals surface area (Å²) in [5.74, 6) is 0. The van der Waals surface area contributed by atoms with E-state index in [0.717, 1.165) is 39.1 Å².